The molecule has 144 valence electrons. The van der Waals surface area contributed by atoms with Gasteiger partial charge in [0.2, 0.25) is 15.9 Å². The summed E-state index contributed by atoms with van der Waals surface area (Å²) in [4.78, 5) is 14.3. The summed E-state index contributed by atoms with van der Waals surface area (Å²) < 4.78 is 32.2. The van der Waals surface area contributed by atoms with Crippen molar-refractivity contribution in [3.05, 3.63) is 60.1 Å². The summed E-state index contributed by atoms with van der Waals surface area (Å²) in [5, 5.41) is 0. The zero-order chi connectivity index (χ0) is 19.3. The highest BCUT2D eigenvalue weighted by Gasteiger charge is 2.19. The Morgan fingerprint density at radius 2 is 2.07 bits per heavy atom. The Morgan fingerprint density at radius 3 is 2.74 bits per heavy atom. The zero-order valence-electron chi connectivity index (χ0n) is 15.3. The van der Waals surface area contributed by atoms with Crippen molar-refractivity contribution in [2.45, 2.75) is 31.2 Å². The smallest absolute Gasteiger partial charge is 0.246 e. The Kier molecular flexibility index (Phi) is 6.13. The summed E-state index contributed by atoms with van der Waals surface area (Å²) in [6, 6.07) is 9.83. The van der Waals surface area contributed by atoms with E-state index in [9.17, 15) is 13.2 Å². The first kappa shape index (κ1) is 19.4. The first-order valence-corrected chi connectivity index (χ1v) is 10.5. The molecule has 0 bridgehead atoms. The molecule has 2 aromatic rings. The van der Waals surface area contributed by atoms with Crippen LogP contribution in [0.4, 0.5) is 0 Å². The zero-order valence-corrected chi connectivity index (χ0v) is 16.1. The normalized spacial score (nSPS) is 18.1. The van der Waals surface area contributed by atoms with Crippen molar-refractivity contribution in [3.63, 3.8) is 0 Å². The average Bonchev–Trinajstić information content (AvgIpc) is 3.19. The van der Waals surface area contributed by atoms with Crippen molar-refractivity contribution in [1.29, 1.82) is 0 Å². The molecule has 1 N–H and O–H groups in total. The number of nitrogens with zero attached hydrogens (tertiary/aromatic N) is 1. The molecule has 1 aliphatic rings. The van der Waals surface area contributed by atoms with Gasteiger partial charge in [0, 0.05) is 19.2 Å². The Balaban J connectivity index is 1.60. The third-order valence-corrected chi connectivity index (χ3v) is 6.01. The number of furan rings is 1. The van der Waals surface area contributed by atoms with Crippen LogP contribution in [0.1, 0.15) is 31.1 Å². The summed E-state index contributed by atoms with van der Waals surface area (Å²) >= 11 is 0. The van der Waals surface area contributed by atoms with Crippen LogP contribution in [0.25, 0.3) is 6.08 Å². The number of amides is 1. The molecule has 1 unspecified atom stereocenters. The Labute approximate surface area is 159 Å². The van der Waals surface area contributed by atoms with Crippen LogP contribution in [0.5, 0.6) is 0 Å². The lowest BCUT2D eigenvalue weighted by Crippen LogP contribution is -2.38. The molecule has 7 heteroatoms. The van der Waals surface area contributed by atoms with E-state index in [1.165, 1.54) is 18.4 Å². The molecule has 6 nitrogen and oxygen atoms in total. The maximum absolute atomic E-state index is 12.3. The highest BCUT2D eigenvalue weighted by molar-refractivity contribution is 7.89. The summed E-state index contributed by atoms with van der Waals surface area (Å²) in [5.41, 5.74) is 0.776. The lowest BCUT2D eigenvalue weighted by Gasteiger charge is -2.30. The van der Waals surface area contributed by atoms with Crippen LogP contribution in [-0.4, -0.2) is 32.3 Å². The fraction of sp³-hybridized carbons (Fsp3) is 0.350. The van der Waals surface area contributed by atoms with E-state index in [-0.39, 0.29) is 17.3 Å². The molecular weight excluding hydrogens is 364 g/mol. The number of rotatable bonds is 6. The predicted octanol–water partition coefficient (Wildman–Crippen LogP) is 3.03. The molecule has 2 heterocycles. The number of carbonyl (C=O) groups is 1. The van der Waals surface area contributed by atoms with Gasteiger partial charge >= 0.3 is 0 Å². The number of benzene rings is 1. The number of piperidine rings is 1. The van der Waals surface area contributed by atoms with Gasteiger partial charge in [0.25, 0.3) is 0 Å². The predicted molar refractivity (Wildman–Crippen MR) is 103 cm³/mol. The molecule has 3 rings (SSSR count). The van der Waals surface area contributed by atoms with Gasteiger partial charge in [0.15, 0.2) is 0 Å². The van der Waals surface area contributed by atoms with Crippen LogP contribution in [0.15, 0.2) is 58.1 Å². The highest BCUT2D eigenvalue weighted by Crippen LogP contribution is 2.16. The number of carbonyl (C=O) groups excluding carboxylic acids is 1. The molecule has 1 saturated heterocycles. The van der Waals surface area contributed by atoms with Crippen LogP contribution in [0.3, 0.4) is 0 Å². The Morgan fingerprint density at radius 1 is 1.30 bits per heavy atom. The summed E-state index contributed by atoms with van der Waals surface area (Å²) in [6.45, 7) is 3.84. The van der Waals surface area contributed by atoms with Crippen molar-refractivity contribution in [2.24, 2.45) is 5.92 Å². The van der Waals surface area contributed by atoms with Crippen molar-refractivity contribution in [1.82, 2.24) is 9.62 Å². The summed E-state index contributed by atoms with van der Waals surface area (Å²) in [7, 11) is -3.62. The molecule has 0 radical (unpaired) electrons. The van der Waals surface area contributed by atoms with Gasteiger partial charge in [-0.15, -0.1) is 0 Å². The number of nitrogens with one attached hydrogen (secondary N) is 1. The molecule has 1 fully saturated rings. The van der Waals surface area contributed by atoms with E-state index in [4.69, 9.17) is 4.42 Å². The van der Waals surface area contributed by atoms with Crippen molar-refractivity contribution in [2.75, 3.05) is 13.1 Å². The molecule has 1 atom stereocenters. The van der Waals surface area contributed by atoms with Crippen molar-refractivity contribution < 1.29 is 17.6 Å². The fourth-order valence-electron chi connectivity index (χ4n) is 3.08. The minimum Gasteiger partial charge on any atom is -0.468 e. The topological polar surface area (TPSA) is 79.6 Å². The maximum atomic E-state index is 12.3. The van der Waals surface area contributed by atoms with E-state index in [0.29, 0.717) is 11.7 Å². The summed E-state index contributed by atoms with van der Waals surface area (Å²) in [6.07, 6.45) is 6.97. The third-order valence-electron chi connectivity index (χ3n) is 4.59. The SMILES string of the molecule is CC1CCCN(C(=O)C=Cc2ccc(S(=O)(=O)NCc3ccco3)cc2)C1. The second kappa shape index (κ2) is 8.54. The average molecular weight is 388 g/mol. The maximum Gasteiger partial charge on any atom is 0.246 e. The number of sulfonamides is 1. The quantitative estimate of drug-likeness (QED) is 0.772. The van der Waals surface area contributed by atoms with Crippen LogP contribution in [-0.2, 0) is 21.4 Å². The molecule has 1 aliphatic heterocycles. The molecule has 0 spiro atoms. The minimum absolute atomic E-state index is 0.00152. The van der Waals surface area contributed by atoms with E-state index in [1.54, 1.807) is 36.4 Å². The molecular formula is C20H24N2O4S. The monoisotopic (exact) mass is 388 g/mol. The number of hydrogen-bond donors (Lipinski definition) is 1. The van der Waals surface area contributed by atoms with Crippen LogP contribution in [0.2, 0.25) is 0 Å². The highest BCUT2D eigenvalue weighted by atomic mass is 32.2. The van der Waals surface area contributed by atoms with E-state index in [0.717, 1.165) is 31.5 Å². The van der Waals surface area contributed by atoms with Gasteiger partial charge in [-0.2, -0.15) is 0 Å². The lowest BCUT2D eigenvalue weighted by molar-refractivity contribution is -0.127. The van der Waals surface area contributed by atoms with Crippen LogP contribution in [0, 0.1) is 5.92 Å². The van der Waals surface area contributed by atoms with Gasteiger partial charge in [0.1, 0.15) is 5.76 Å². The number of hydrogen-bond acceptors (Lipinski definition) is 4. The van der Waals surface area contributed by atoms with E-state index >= 15 is 0 Å². The van der Waals surface area contributed by atoms with Crippen molar-refractivity contribution in [3.8, 4) is 0 Å². The second-order valence-electron chi connectivity index (χ2n) is 6.84. The first-order chi connectivity index (χ1) is 12.9. The molecule has 1 aromatic carbocycles. The first-order valence-electron chi connectivity index (χ1n) is 9.03. The largest absolute Gasteiger partial charge is 0.468 e. The van der Waals surface area contributed by atoms with E-state index in [1.807, 2.05) is 4.90 Å². The Bertz CT molecular complexity index is 887. The third kappa shape index (κ3) is 5.30. The molecule has 27 heavy (non-hydrogen) atoms. The molecule has 1 amide bonds. The Hall–Kier alpha value is -2.38. The molecule has 0 saturated carbocycles. The van der Waals surface area contributed by atoms with Crippen LogP contribution >= 0.6 is 0 Å². The van der Waals surface area contributed by atoms with Gasteiger partial charge < -0.3 is 9.32 Å². The molecule has 0 aliphatic carbocycles. The second-order valence-corrected chi connectivity index (χ2v) is 8.60. The van der Waals surface area contributed by atoms with Gasteiger partial charge in [0.05, 0.1) is 17.7 Å². The number of likely N-dealkylation sites (tertiary alicyclic amines) is 1. The van der Waals surface area contributed by atoms with Gasteiger partial charge in [-0.25, -0.2) is 13.1 Å². The lowest BCUT2D eigenvalue weighted by atomic mass is 10.0. The standard InChI is InChI=1S/C20H24N2O4S/c1-16-4-2-12-22(15-16)20(23)11-8-17-6-9-19(10-7-17)27(24,25)21-14-18-5-3-13-26-18/h3,5-11,13,16,21H,2,4,12,14-15H2,1H3. The minimum atomic E-state index is -3.62. The van der Waals surface area contributed by atoms with Crippen molar-refractivity contribution >= 4 is 22.0 Å². The van der Waals surface area contributed by atoms with E-state index < -0.39 is 10.0 Å². The van der Waals surface area contributed by atoms with Gasteiger partial charge in [-0.1, -0.05) is 19.1 Å². The molecule has 1 aromatic heterocycles. The fourth-order valence-corrected chi connectivity index (χ4v) is 4.08. The van der Waals surface area contributed by atoms with Gasteiger partial charge in [-0.3, -0.25) is 4.79 Å². The van der Waals surface area contributed by atoms with E-state index in [2.05, 4.69) is 11.6 Å². The summed E-state index contributed by atoms with van der Waals surface area (Å²) in [5.74, 6) is 1.08. The van der Waals surface area contributed by atoms with Gasteiger partial charge in [-0.05, 0) is 54.7 Å². The van der Waals surface area contributed by atoms with Crippen LogP contribution < -0.4 is 4.72 Å².